The van der Waals surface area contributed by atoms with Crippen LogP contribution in [0.25, 0.3) is 0 Å². The number of amides is 1. The highest BCUT2D eigenvalue weighted by molar-refractivity contribution is 9.10. The van der Waals surface area contributed by atoms with E-state index in [1.54, 1.807) is 18.2 Å². The summed E-state index contributed by atoms with van der Waals surface area (Å²) in [7, 11) is 0. The van der Waals surface area contributed by atoms with Gasteiger partial charge in [-0.3, -0.25) is 4.79 Å². The van der Waals surface area contributed by atoms with E-state index in [1.165, 1.54) is 5.56 Å². The van der Waals surface area contributed by atoms with Crippen LogP contribution in [0, 0.1) is 0 Å². The van der Waals surface area contributed by atoms with Crippen molar-refractivity contribution in [3.8, 4) is 17.2 Å². The number of anilines is 1. The largest absolute Gasteiger partial charge is 0.492 e. The van der Waals surface area contributed by atoms with E-state index in [4.69, 9.17) is 14.2 Å². The fourth-order valence-corrected chi connectivity index (χ4v) is 3.19. The van der Waals surface area contributed by atoms with Crippen molar-refractivity contribution >= 4 is 27.5 Å². The lowest BCUT2D eigenvalue weighted by Crippen LogP contribution is -2.13. The molecule has 3 rings (SSSR count). The average Bonchev–Trinajstić information content (AvgIpc) is 3.06. The van der Waals surface area contributed by atoms with Crippen LogP contribution >= 0.6 is 15.9 Å². The average molecular weight is 434 g/mol. The lowest BCUT2D eigenvalue weighted by atomic mass is 9.87. The minimum atomic E-state index is -0.0559. The molecule has 2 aromatic carbocycles. The number of nitrogens with one attached hydrogen (secondary N) is 1. The molecule has 144 valence electrons. The number of carbonyl (C=O) groups excluding carboxylic acids is 1. The van der Waals surface area contributed by atoms with Gasteiger partial charge in [-0.2, -0.15) is 0 Å². The molecular weight excluding hydrogens is 410 g/mol. The second-order valence-corrected chi connectivity index (χ2v) is 8.32. The molecule has 1 aliphatic rings. The van der Waals surface area contributed by atoms with Crippen molar-refractivity contribution < 1.29 is 19.0 Å². The van der Waals surface area contributed by atoms with Gasteiger partial charge in [-0.05, 0) is 57.6 Å². The summed E-state index contributed by atoms with van der Waals surface area (Å²) in [5.41, 5.74) is 2.03. The first-order chi connectivity index (χ1) is 12.8. The Bertz CT molecular complexity index is 829. The van der Waals surface area contributed by atoms with Crippen molar-refractivity contribution in [1.29, 1.82) is 0 Å². The Morgan fingerprint density at radius 3 is 2.67 bits per heavy atom. The second-order valence-electron chi connectivity index (χ2n) is 7.46. The Morgan fingerprint density at radius 1 is 1.15 bits per heavy atom. The van der Waals surface area contributed by atoms with Crippen LogP contribution in [-0.4, -0.2) is 19.3 Å². The highest BCUT2D eigenvalue weighted by Gasteiger charge is 2.16. The molecular formula is C21H24BrNO4. The molecule has 1 N–H and O–H groups in total. The number of hydrogen-bond donors (Lipinski definition) is 1. The van der Waals surface area contributed by atoms with Crippen molar-refractivity contribution in [2.45, 2.75) is 39.0 Å². The predicted molar refractivity (Wildman–Crippen MR) is 109 cm³/mol. The molecule has 1 amide bonds. The Labute approximate surface area is 168 Å². The van der Waals surface area contributed by atoms with E-state index in [1.807, 2.05) is 6.07 Å². The molecule has 2 aromatic rings. The van der Waals surface area contributed by atoms with Crippen LogP contribution in [0.3, 0.4) is 0 Å². The SMILES string of the molecule is CC(C)(C)c1ccc(OCCCC(=O)Nc2ccc3c(c2)OCO3)c(Br)c1. The zero-order valence-electron chi connectivity index (χ0n) is 15.8. The third-order valence-electron chi connectivity index (χ3n) is 4.26. The van der Waals surface area contributed by atoms with Gasteiger partial charge in [0.1, 0.15) is 5.75 Å². The van der Waals surface area contributed by atoms with Gasteiger partial charge in [-0.1, -0.05) is 26.8 Å². The Balaban J connectivity index is 1.44. The summed E-state index contributed by atoms with van der Waals surface area (Å²) >= 11 is 3.56. The zero-order chi connectivity index (χ0) is 19.4. The summed E-state index contributed by atoms with van der Waals surface area (Å²) in [4.78, 5) is 12.1. The standard InChI is InChI=1S/C21H24BrNO4/c1-21(2,3)14-6-8-17(16(22)11-14)25-10-4-5-20(24)23-15-7-9-18-19(12-15)27-13-26-18/h6-9,11-12H,4-5,10,13H2,1-3H3,(H,23,24). The normalized spacial score (nSPS) is 12.7. The minimum Gasteiger partial charge on any atom is -0.492 e. The molecule has 27 heavy (non-hydrogen) atoms. The third-order valence-corrected chi connectivity index (χ3v) is 4.88. The van der Waals surface area contributed by atoms with Gasteiger partial charge < -0.3 is 19.5 Å². The molecule has 0 aromatic heterocycles. The summed E-state index contributed by atoms with van der Waals surface area (Å²) in [6.07, 6.45) is 1.01. The number of benzene rings is 2. The van der Waals surface area contributed by atoms with Gasteiger partial charge in [0.2, 0.25) is 12.7 Å². The van der Waals surface area contributed by atoms with Crippen molar-refractivity contribution in [3.63, 3.8) is 0 Å². The molecule has 0 fully saturated rings. The van der Waals surface area contributed by atoms with E-state index in [0.717, 1.165) is 10.2 Å². The summed E-state index contributed by atoms with van der Waals surface area (Å²) in [6.45, 7) is 7.22. The van der Waals surface area contributed by atoms with E-state index < -0.39 is 0 Å². The molecule has 0 atom stereocenters. The van der Waals surface area contributed by atoms with E-state index in [-0.39, 0.29) is 18.1 Å². The van der Waals surface area contributed by atoms with Gasteiger partial charge in [-0.25, -0.2) is 0 Å². The third kappa shape index (κ3) is 5.16. The number of ether oxygens (including phenoxy) is 3. The van der Waals surface area contributed by atoms with Gasteiger partial charge in [0.05, 0.1) is 11.1 Å². The van der Waals surface area contributed by atoms with Gasteiger partial charge in [0.25, 0.3) is 0 Å². The quantitative estimate of drug-likeness (QED) is 0.630. The first kappa shape index (κ1) is 19.5. The van der Waals surface area contributed by atoms with Crippen molar-refractivity contribution in [2.75, 3.05) is 18.7 Å². The van der Waals surface area contributed by atoms with Gasteiger partial charge in [0.15, 0.2) is 11.5 Å². The maximum Gasteiger partial charge on any atom is 0.231 e. The monoisotopic (exact) mass is 433 g/mol. The zero-order valence-corrected chi connectivity index (χ0v) is 17.4. The summed E-state index contributed by atoms with van der Waals surface area (Å²) in [6, 6.07) is 11.5. The molecule has 0 saturated carbocycles. The van der Waals surface area contributed by atoms with E-state index >= 15 is 0 Å². The molecule has 1 aliphatic heterocycles. The van der Waals surface area contributed by atoms with Crippen LogP contribution in [0.5, 0.6) is 17.2 Å². The fourth-order valence-electron chi connectivity index (χ4n) is 2.70. The highest BCUT2D eigenvalue weighted by Crippen LogP contribution is 2.34. The maximum atomic E-state index is 12.1. The highest BCUT2D eigenvalue weighted by atomic mass is 79.9. The molecule has 5 nitrogen and oxygen atoms in total. The lowest BCUT2D eigenvalue weighted by Gasteiger charge is -2.20. The molecule has 0 aliphatic carbocycles. The van der Waals surface area contributed by atoms with Crippen molar-refractivity contribution in [2.24, 2.45) is 0 Å². The smallest absolute Gasteiger partial charge is 0.231 e. The molecule has 0 radical (unpaired) electrons. The maximum absolute atomic E-state index is 12.1. The first-order valence-corrected chi connectivity index (χ1v) is 9.74. The number of halogens is 1. The van der Waals surface area contributed by atoms with Crippen molar-refractivity contribution in [3.05, 3.63) is 46.4 Å². The molecule has 0 bridgehead atoms. The summed E-state index contributed by atoms with van der Waals surface area (Å²) in [5, 5.41) is 2.87. The van der Waals surface area contributed by atoms with E-state index in [2.05, 4.69) is 54.2 Å². The van der Waals surface area contributed by atoms with Crippen LogP contribution in [0.1, 0.15) is 39.2 Å². The molecule has 0 spiro atoms. The van der Waals surface area contributed by atoms with Gasteiger partial charge in [-0.15, -0.1) is 0 Å². The molecule has 0 saturated heterocycles. The Hall–Kier alpha value is -2.21. The number of rotatable bonds is 6. The predicted octanol–water partition coefficient (Wildman–Crippen LogP) is 5.27. The molecule has 0 unspecified atom stereocenters. The topological polar surface area (TPSA) is 56.8 Å². The van der Waals surface area contributed by atoms with Crippen LogP contribution in [0.4, 0.5) is 5.69 Å². The van der Waals surface area contributed by atoms with Crippen LogP contribution in [0.2, 0.25) is 0 Å². The second kappa shape index (κ2) is 8.21. The Morgan fingerprint density at radius 2 is 1.93 bits per heavy atom. The summed E-state index contributed by atoms with van der Waals surface area (Å²) < 4.78 is 17.3. The number of fused-ring (bicyclic) bond motifs is 1. The summed E-state index contributed by atoms with van der Waals surface area (Å²) in [5.74, 6) is 2.09. The number of hydrogen-bond acceptors (Lipinski definition) is 4. The molecule has 6 heteroatoms. The van der Waals surface area contributed by atoms with E-state index in [0.29, 0.717) is 36.6 Å². The Kier molecular flexibility index (Phi) is 5.95. The van der Waals surface area contributed by atoms with Gasteiger partial charge in [0, 0.05) is 18.2 Å². The van der Waals surface area contributed by atoms with Crippen molar-refractivity contribution in [1.82, 2.24) is 0 Å². The van der Waals surface area contributed by atoms with E-state index in [9.17, 15) is 4.79 Å². The lowest BCUT2D eigenvalue weighted by molar-refractivity contribution is -0.116. The first-order valence-electron chi connectivity index (χ1n) is 8.95. The molecule has 1 heterocycles. The van der Waals surface area contributed by atoms with Crippen LogP contribution in [-0.2, 0) is 10.2 Å². The van der Waals surface area contributed by atoms with Crippen LogP contribution in [0.15, 0.2) is 40.9 Å². The fraction of sp³-hybridized carbons (Fsp3) is 0.381. The van der Waals surface area contributed by atoms with Gasteiger partial charge >= 0.3 is 0 Å². The minimum absolute atomic E-state index is 0.0559. The van der Waals surface area contributed by atoms with Crippen LogP contribution < -0.4 is 19.5 Å². The number of carbonyl (C=O) groups is 1.